The van der Waals surface area contributed by atoms with E-state index in [2.05, 4.69) is 19.9 Å². The first-order valence-corrected chi connectivity index (χ1v) is 9.48. The van der Waals surface area contributed by atoms with Gasteiger partial charge in [0.15, 0.2) is 0 Å². The van der Waals surface area contributed by atoms with Gasteiger partial charge in [-0.1, -0.05) is 26.7 Å². The predicted molar refractivity (Wildman–Crippen MR) is 97.4 cm³/mol. The molecule has 0 N–H and O–H groups in total. The molecule has 0 saturated heterocycles. The maximum atomic E-state index is 12.4. The number of esters is 1. The average molecular weight is 343 g/mol. The van der Waals surface area contributed by atoms with Crippen molar-refractivity contribution in [3.8, 4) is 17.6 Å². The van der Waals surface area contributed by atoms with Gasteiger partial charge in [0.1, 0.15) is 11.5 Å². The van der Waals surface area contributed by atoms with Crippen LogP contribution in [0.2, 0.25) is 0 Å². The molecule has 2 rings (SSSR count). The fourth-order valence-corrected chi connectivity index (χ4v) is 3.44. The van der Waals surface area contributed by atoms with Gasteiger partial charge in [0.05, 0.1) is 24.0 Å². The van der Waals surface area contributed by atoms with Crippen molar-refractivity contribution in [2.75, 3.05) is 6.61 Å². The monoisotopic (exact) mass is 343 g/mol. The smallest absolute Gasteiger partial charge is 0.314 e. The summed E-state index contributed by atoms with van der Waals surface area (Å²) in [6, 6.07) is 9.71. The van der Waals surface area contributed by atoms with Crippen LogP contribution in [-0.4, -0.2) is 12.6 Å². The minimum atomic E-state index is -0.233. The molecular weight excluding hydrogens is 314 g/mol. The molecule has 0 unspecified atom stereocenters. The third kappa shape index (κ3) is 5.49. The van der Waals surface area contributed by atoms with Gasteiger partial charge in [-0.2, -0.15) is 5.26 Å². The number of ether oxygens (including phenoxy) is 2. The summed E-state index contributed by atoms with van der Waals surface area (Å²) < 4.78 is 11.1. The highest BCUT2D eigenvalue weighted by Crippen LogP contribution is 2.42. The molecule has 0 amide bonds. The van der Waals surface area contributed by atoms with Crippen molar-refractivity contribution in [1.29, 1.82) is 5.26 Å². The zero-order chi connectivity index (χ0) is 18.1. The van der Waals surface area contributed by atoms with Crippen molar-refractivity contribution in [2.24, 2.45) is 11.3 Å². The first kappa shape index (κ1) is 19.3. The topological polar surface area (TPSA) is 59.3 Å². The van der Waals surface area contributed by atoms with Crippen molar-refractivity contribution in [3.05, 3.63) is 24.3 Å². The second-order valence-corrected chi connectivity index (χ2v) is 7.01. The molecule has 0 aliphatic heterocycles. The Balaban J connectivity index is 1.83. The van der Waals surface area contributed by atoms with E-state index in [1.165, 1.54) is 0 Å². The van der Waals surface area contributed by atoms with Gasteiger partial charge in [-0.3, -0.25) is 4.79 Å². The Morgan fingerprint density at radius 1 is 1.16 bits per heavy atom. The molecule has 0 atom stereocenters. The van der Waals surface area contributed by atoms with Gasteiger partial charge >= 0.3 is 5.97 Å². The summed E-state index contributed by atoms with van der Waals surface area (Å²) in [6.45, 7) is 4.94. The lowest BCUT2D eigenvalue weighted by atomic mass is 9.69. The summed E-state index contributed by atoms with van der Waals surface area (Å²) in [6.07, 6.45) is 7.13. The van der Waals surface area contributed by atoms with E-state index in [1.54, 1.807) is 12.1 Å². The van der Waals surface area contributed by atoms with Crippen LogP contribution in [0.15, 0.2) is 24.3 Å². The van der Waals surface area contributed by atoms with Crippen LogP contribution in [-0.2, 0) is 4.79 Å². The first-order chi connectivity index (χ1) is 12.1. The maximum Gasteiger partial charge on any atom is 0.314 e. The van der Waals surface area contributed by atoms with Crippen molar-refractivity contribution in [2.45, 2.75) is 65.2 Å². The minimum absolute atomic E-state index is 0.0983. The molecule has 1 fully saturated rings. The number of nitriles is 1. The molecule has 0 spiro atoms. The van der Waals surface area contributed by atoms with Crippen LogP contribution >= 0.6 is 0 Å². The highest BCUT2D eigenvalue weighted by molar-refractivity contribution is 5.75. The van der Waals surface area contributed by atoms with E-state index in [0.29, 0.717) is 12.4 Å². The minimum Gasteiger partial charge on any atom is -0.494 e. The summed E-state index contributed by atoms with van der Waals surface area (Å²) in [7, 11) is 0. The Bertz CT molecular complexity index is 580. The van der Waals surface area contributed by atoms with E-state index in [4.69, 9.17) is 9.47 Å². The number of rotatable bonds is 8. The molecule has 0 aromatic heterocycles. The number of benzene rings is 1. The van der Waals surface area contributed by atoms with Crippen LogP contribution < -0.4 is 9.47 Å². The predicted octanol–water partition coefficient (Wildman–Crippen LogP) is 5.27. The molecule has 4 heteroatoms. The Morgan fingerprint density at radius 2 is 1.80 bits per heavy atom. The molecule has 0 bridgehead atoms. The van der Waals surface area contributed by atoms with Crippen LogP contribution in [0.4, 0.5) is 0 Å². The quantitative estimate of drug-likeness (QED) is 0.366. The zero-order valence-corrected chi connectivity index (χ0v) is 15.4. The lowest BCUT2D eigenvalue weighted by Gasteiger charge is -2.33. The highest BCUT2D eigenvalue weighted by atomic mass is 16.5. The lowest BCUT2D eigenvalue weighted by molar-refractivity contribution is -0.140. The normalized spacial score (nSPS) is 22.8. The summed E-state index contributed by atoms with van der Waals surface area (Å²) >= 11 is 0. The van der Waals surface area contributed by atoms with E-state index in [-0.39, 0.29) is 17.3 Å². The summed E-state index contributed by atoms with van der Waals surface area (Å²) in [5.74, 6) is 1.07. The lowest BCUT2D eigenvalue weighted by Crippen LogP contribution is -2.31. The third-order valence-corrected chi connectivity index (χ3v) is 5.05. The van der Waals surface area contributed by atoms with E-state index in [9.17, 15) is 10.1 Å². The van der Waals surface area contributed by atoms with Crippen LogP contribution in [0, 0.1) is 22.7 Å². The molecule has 1 aliphatic carbocycles. The summed E-state index contributed by atoms with van der Waals surface area (Å²) in [5, 5.41) is 9.46. The van der Waals surface area contributed by atoms with Crippen LogP contribution in [0.25, 0.3) is 0 Å². The molecule has 1 saturated carbocycles. The summed E-state index contributed by atoms with van der Waals surface area (Å²) in [4.78, 5) is 12.4. The highest BCUT2D eigenvalue weighted by Gasteiger charge is 2.37. The van der Waals surface area contributed by atoms with Gasteiger partial charge < -0.3 is 9.47 Å². The molecule has 1 aliphatic rings. The van der Waals surface area contributed by atoms with Crippen molar-refractivity contribution >= 4 is 5.97 Å². The van der Waals surface area contributed by atoms with E-state index >= 15 is 0 Å². The number of unbranched alkanes of at least 4 members (excludes halogenated alkanes) is 1. The summed E-state index contributed by atoms with van der Waals surface area (Å²) in [5.41, 5.74) is -0.233. The SMILES string of the molecule is CCCCOc1ccc(OC(=O)C2CCC(C#N)(CCC)CC2)cc1. The Labute approximate surface area is 151 Å². The van der Waals surface area contributed by atoms with Gasteiger partial charge in [0, 0.05) is 0 Å². The van der Waals surface area contributed by atoms with Gasteiger partial charge in [-0.15, -0.1) is 0 Å². The molecule has 4 nitrogen and oxygen atoms in total. The van der Waals surface area contributed by atoms with E-state index < -0.39 is 0 Å². The van der Waals surface area contributed by atoms with E-state index in [0.717, 1.165) is 57.1 Å². The fraction of sp³-hybridized carbons (Fsp3) is 0.619. The number of hydrogen-bond donors (Lipinski definition) is 0. The maximum absolute atomic E-state index is 12.4. The molecule has 1 aromatic carbocycles. The van der Waals surface area contributed by atoms with Gasteiger partial charge in [-0.25, -0.2) is 0 Å². The zero-order valence-electron chi connectivity index (χ0n) is 15.4. The van der Waals surface area contributed by atoms with Crippen LogP contribution in [0.5, 0.6) is 11.5 Å². The van der Waals surface area contributed by atoms with Crippen molar-refractivity contribution < 1.29 is 14.3 Å². The second kappa shape index (κ2) is 9.46. The molecular formula is C21H29NO3. The average Bonchev–Trinajstić information content (AvgIpc) is 2.64. The number of carbonyl (C=O) groups is 1. The van der Waals surface area contributed by atoms with Gasteiger partial charge in [0.25, 0.3) is 0 Å². The Morgan fingerprint density at radius 3 is 2.36 bits per heavy atom. The Kier molecular flexibility index (Phi) is 7.31. The van der Waals surface area contributed by atoms with E-state index in [1.807, 2.05) is 12.1 Å². The standard InChI is InChI=1S/C21H29NO3/c1-3-5-15-24-18-6-8-19(9-7-18)25-20(23)17-10-13-21(16-22,12-4-2)14-11-17/h6-9,17H,3-5,10-15H2,1-2H3. The van der Waals surface area contributed by atoms with Gasteiger partial charge in [0.2, 0.25) is 0 Å². The second-order valence-electron chi connectivity index (χ2n) is 7.01. The molecule has 0 heterocycles. The Hall–Kier alpha value is -2.02. The third-order valence-electron chi connectivity index (χ3n) is 5.05. The van der Waals surface area contributed by atoms with Crippen molar-refractivity contribution in [1.82, 2.24) is 0 Å². The largest absolute Gasteiger partial charge is 0.494 e. The van der Waals surface area contributed by atoms with Crippen LogP contribution in [0.3, 0.4) is 0 Å². The fourth-order valence-electron chi connectivity index (χ4n) is 3.44. The molecule has 136 valence electrons. The molecule has 1 aromatic rings. The first-order valence-electron chi connectivity index (χ1n) is 9.48. The number of nitrogens with zero attached hydrogens (tertiary/aromatic N) is 1. The van der Waals surface area contributed by atoms with Crippen molar-refractivity contribution in [3.63, 3.8) is 0 Å². The molecule has 25 heavy (non-hydrogen) atoms. The number of carbonyl (C=O) groups excluding carboxylic acids is 1. The molecule has 0 radical (unpaired) electrons. The van der Waals surface area contributed by atoms with Gasteiger partial charge in [-0.05, 0) is 62.8 Å². The number of hydrogen-bond acceptors (Lipinski definition) is 4. The van der Waals surface area contributed by atoms with Crippen LogP contribution in [0.1, 0.15) is 65.2 Å².